The lowest BCUT2D eigenvalue weighted by atomic mass is 10.2. The van der Waals surface area contributed by atoms with Crippen molar-refractivity contribution in [3.05, 3.63) is 66.1 Å². The van der Waals surface area contributed by atoms with Crippen molar-refractivity contribution in [1.29, 1.82) is 0 Å². The molecule has 1 aromatic heterocycles. The van der Waals surface area contributed by atoms with Crippen LogP contribution in [0.15, 0.2) is 54.9 Å². The lowest BCUT2D eigenvalue weighted by Gasteiger charge is -2.30. The van der Waals surface area contributed by atoms with Gasteiger partial charge in [-0.15, -0.1) is 0 Å². The van der Waals surface area contributed by atoms with Gasteiger partial charge in [0.2, 0.25) is 5.88 Å². The van der Waals surface area contributed by atoms with Gasteiger partial charge in [0.25, 0.3) is 5.91 Å². The van der Waals surface area contributed by atoms with Gasteiger partial charge in [-0.2, -0.15) is 13.2 Å². The van der Waals surface area contributed by atoms with Crippen LogP contribution in [0.5, 0.6) is 17.4 Å². The molecule has 4 rings (SSSR count). The van der Waals surface area contributed by atoms with E-state index in [9.17, 15) is 22.8 Å². The zero-order valence-electron chi connectivity index (χ0n) is 17.7. The molecule has 0 bridgehead atoms. The van der Waals surface area contributed by atoms with Crippen LogP contribution in [-0.2, 0) is 6.18 Å². The molecule has 1 aliphatic rings. The molecule has 0 spiro atoms. The predicted molar refractivity (Wildman–Crippen MR) is 115 cm³/mol. The van der Waals surface area contributed by atoms with Crippen LogP contribution in [0.4, 0.5) is 29.3 Å². The molecule has 0 radical (unpaired) electrons. The number of nitrogens with zero attached hydrogens (tertiary/aromatic N) is 3. The number of rotatable bonds is 4. The molecule has 2 aromatic carbocycles. The minimum Gasteiger partial charge on any atom is -0.489 e. The number of urea groups is 1. The van der Waals surface area contributed by atoms with Gasteiger partial charge >= 0.3 is 12.2 Å². The van der Waals surface area contributed by atoms with E-state index in [2.05, 4.69) is 20.6 Å². The SMILES string of the molecule is CNC(=O)c1cc(Oc2ccc3c(c2)OCCN3C(=O)Nc2cccc(C(F)(F)F)c2)ncn1. The van der Waals surface area contributed by atoms with Gasteiger partial charge in [-0.1, -0.05) is 6.07 Å². The molecule has 0 saturated carbocycles. The van der Waals surface area contributed by atoms with Crippen molar-refractivity contribution in [2.75, 3.05) is 30.4 Å². The number of benzene rings is 2. The van der Waals surface area contributed by atoms with Gasteiger partial charge in [0.05, 0.1) is 17.8 Å². The van der Waals surface area contributed by atoms with E-state index in [4.69, 9.17) is 9.47 Å². The van der Waals surface area contributed by atoms with Gasteiger partial charge in [-0.05, 0) is 30.3 Å². The van der Waals surface area contributed by atoms with Gasteiger partial charge in [0.15, 0.2) is 0 Å². The topological polar surface area (TPSA) is 106 Å². The third kappa shape index (κ3) is 5.00. The van der Waals surface area contributed by atoms with E-state index in [1.54, 1.807) is 18.2 Å². The maximum absolute atomic E-state index is 13.0. The molecule has 3 aromatic rings. The number of anilines is 2. The number of amides is 3. The Morgan fingerprint density at radius 3 is 2.71 bits per heavy atom. The van der Waals surface area contributed by atoms with Crippen molar-refractivity contribution in [3.8, 4) is 17.4 Å². The molecule has 2 N–H and O–H groups in total. The van der Waals surface area contributed by atoms with Crippen molar-refractivity contribution >= 4 is 23.3 Å². The molecule has 12 heteroatoms. The quantitative estimate of drug-likeness (QED) is 0.592. The zero-order valence-corrected chi connectivity index (χ0v) is 17.7. The number of alkyl halides is 3. The molecular formula is C22H18F3N5O4. The lowest BCUT2D eigenvalue weighted by Crippen LogP contribution is -2.40. The second-order valence-electron chi connectivity index (χ2n) is 7.06. The standard InChI is InChI=1S/C22H18F3N5O4/c1-26-20(31)16-11-19(28-12-27-16)34-15-5-6-17-18(10-15)33-8-7-30(17)21(32)29-14-4-2-3-13(9-14)22(23,24)25/h2-6,9-12H,7-8H2,1H3,(H,26,31)(H,29,32). The van der Waals surface area contributed by atoms with Crippen molar-refractivity contribution in [2.45, 2.75) is 6.18 Å². The van der Waals surface area contributed by atoms with Crippen LogP contribution in [0.3, 0.4) is 0 Å². The number of aromatic nitrogens is 2. The number of ether oxygens (including phenoxy) is 2. The van der Waals surface area contributed by atoms with E-state index >= 15 is 0 Å². The molecular weight excluding hydrogens is 455 g/mol. The van der Waals surface area contributed by atoms with Gasteiger partial charge in [0.1, 0.15) is 30.1 Å². The summed E-state index contributed by atoms with van der Waals surface area (Å²) in [7, 11) is 1.47. The second-order valence-corrected chi connectivity index (χ2v) is 7.06. The minimum atomic E-state index is -4.52. The molecule has 34 heavy (non-hydrogen) atoms. The Morgan fingerprint density at radius 2 is 1.94 bits per heavy atom. The predicted octanol–water partition coefficient (Wildman–Crippen LogP) is 4.08. The average molecular weight is 473 g/mol. The first-order valence-electron chi connectivity index (χ1n) is 9.99. The molecule has 176 valence electrons. The van der Waals surface area contributed by atoms with E-state index in [0.717, 1.165) is 12.1 Å². The van der Waals surface area contributed by atoms with Gasteiger partial charge in [-0.25, -0.2) is 14.8 Å². The molecule has 0 saturated heterocycles. The molecule has 0 fully saturated rings. The fourth-order valence-corrected chi connectivity index (χ4v) is 3.21. The Bertz CT molecular complexity index is 1240. The highest BCUT2D eigenvalue weighted by molar-refractivity contribution is 6.03. The van der Waals surface area contributed by atoms with Crippen LogP contribution >= 0.6 is 0 Å². The summed E-state index contributed by atoms with van der Waals surface area (Å²) in [5.74, 6) is 0.399. The van der Waals surface area contributed by atoms with Crippen LogP contribution in [0.25, 0.3) is 0 Å². The molecule has 0 unspecified atom stereocenters. The molecule has 0 atom stereocenters. The van der Waals surface area contributed by atoms with Crippen LogP contribution in [-0.4, -0.2) is 42.1 Å². The van der Waals surface area contributed by atoms with E-state index in [-0.39, 0.29) is 30.4 Å². The summed E-state index contributed by atoms with van der Waals surface area (Å²) in [5, 5.41) is 4.94. The third-order valence-electron chi connectivity index (χ3n) is 4.80. The maximum Gasteiger partial charge on any atom is 0.416 e. The fourth-order valence-electron chi connectivity index (χ4n) is 3.21. The summed E-state index contributed by atoms with van der Waals surface area (Å²) >= 11 is 0. The molecule has 1 aliphatic heterocycles. The van der Waals surface area contributed by atoms with Crippen molar-refractivity contribution in [2.24, 2.45) is 0 Å². The third-order valence-corrected chi connectivity index (χ3v) is 4.80. The zero-order chi connectivity index (χ0) is 24.3. The summed E-state index contributed by atoms with van der Waals surface area (Å²) in [5.41, 5.74) is -0.307. The van der Waals surface area contributed by atoms with Crippen molar-refractivity contribution < 1.29 is 32.2 Å². The number of carbonyl (C=O) groups is 2. The first-order valence-corrected chi connectivity index (χ1v) is 9.99. The molecule has 9 nitrogen and oxygen atoms in total. The summed E-state index contributed by atoms with van der Waals surface area (Å²) in [6.45, 7) is 0.361. The summed E-state index contributed by atoms with van der Waals surface area (Å²) in [6, 6.07) is 9.84. The van der Waals surface area contributed by atoms with Gasteiger partial charge < -0.3 is 20.1 Å². The summed E-state index contributed by atoms with van der Waals surface area (Å²) < 4.78 is 50.2. The average Bonchev–Trinajstić information content (AvgIpc) is 2.82. The molecule has 2 heterocycles. The number of carbonyl (C=O) groups excluding carboxylic acids is 2. The number of hydrogen-bond acceptors (Lipinski definition) is 6. The van der Waals surface area contributed by atoms with Gasteiger partial charge in [0, 0.05) is 24.9 Å². The number of halogens is 3. The number of fused-ring (bicyclic) bond motifs is 1. The number of hydrogen-bond donors (Lipinski definition) is 2. The van der Waals surface area contributed by atoms with Crippen molar-refractivity contribution in [3.63, 3.8) is 0 Å². The Balaban J connectivity index is 1.51. The summed E-state index contributed by atoms with van der Waals surface area (Å²) in [6.07, 6.45) is -3.33. The Morgan fingerprint density at radius 1 is 1.12 bits per heavy atom. The Hall–Kier alpha value is -4.35. The monoisotopic (exact) mass is 473 g/mol. The smallest absolute Gasteiger partial charge is 0.416 e. The molecule has 0 aliphatic carbocycles. The van der Waals surface area contributed by atoms with E-state index in [0.29, 0.717) is 17.2 Å². The largest absolute Gasteiger partial charge is 0.489 e. The highest BCUT2D eigenvalue weighted by Gasteiger charge is 2.31. The fraction of sp³-hybridized carbons (Fsp3) is 0.182. The van der Waals surface area contributed by atoms with E-state index < -0.39 is 23.7 Å². The highest BCUT2D eigenvalue weighted by Crippen LogP contribution is 2.37. The minimum absolute atomic E-state index is 0.0171. The van der Waals surface area contributed by atoms with Crippen LogP contribution in [0.2, 0.25) is 0 Å². The first-order chi connectivity index (χ1) is 16.2. The highest BCUT2D eigenvalue weighted by atomic mass is 19.4. The van der Waals surface area contributed by atoms with Crippen LogP contribution in [0, 0.1) is 0 Å². The lowest BCUT2D eigenvalue weighted by molar-refractivity contribution is -0.137. The van der Waals surface area contributed by atoms with Crippen LogP contribution in [0.1, 0.15) is 16.1 Å². The maximum atomic E-state index is 13.0. The number of nitrogens with one attached hydrogen (secondary N) is 2. The second kappa shape index (κ2) is 9.25. The van der Waals surface area contributed by atoms with E-state index in [1.807, 2.05) is 0 Å². The van der Waals surface area contributed by atoms with E-state index in [1.165, 1.54) is 36.5 Å². The normalized spacial score (nSPS) is 12.9. The Kier molecular flexibility index (Phi) is 6.21. The first kappa shape index (κ1) is 22.8. The van der Waals surface area contributed by atoms with Gasteiger partial charge in [-0.3, -0.25) is 9.69 Å². The van der Waals surface area contributed by atoms with Crippen LogP contribution < -0.4 is 25.0 Å². The molecule has 3 amide bonds. The summed E-state index contributed by atoms with van der Waals surface area (Å²) in [4.78, 5) is 33.7. The Labute approximate surface area is 191 Å². The van der Waals surface area contributed by atoms with Crippen molar-refractivity contribution in [1.82, 2.24) is 15.3 Å².